The number of rotatable bonds is 3. The van der Waals surface area contributed by atoms with Crippen molar-refractivity contribution in [2.45, 2.75) is 27.3 Å². The third-order valence-electron chi connectivity index (χ3n) is 2.64. The Bertz CT molecular complexity index is 655. The standard InChI is InChI=1S/C13H14N2O2S/c1-8-6-13(17)15(10(3)14-8)7-11(16)12-5-4-9(2)18-12/h4-6H,7H2,1-3H3. The number of carbonyl (C=O) groups is 1. The van der Waals surface area contributed by atoms with Gasteiger partial charge < -0.3 is 0 Å². The van der Waals surface area contributed by atoms with E-state index >= 15 is 0 Å². The predicted molar refractivity (Wildman–Crippen MR) is 71.4 cm³/mol. The first-order chi connectivity index (χ1) is 8.47. The first kappa shape index (κ1) is 12.7. The average Bonchev–Trinajstić information content (AvgIpc) is 2.70. The van der Waals surface area contributed by atoms with Crippen molar-refractivity contribution in [1.29, 1.82) is 0 Å². The lowest BCUT2D eigenvalue weighted by Crippen LogP contribution is -2.26. The molecule has 0 bridgehead atoms. The summed E-state index contributed by atoms with van der Waals surface area (Å²) in [7, 11) is 0. The molecule has 2 aromatic heterocycles. The number of thiophene rings is 1. The van der Waals surface area contributed by atoms with Crippen LogP contribution in [0.1, 0.15) is 26.1 Å². The predicted octanol–water partition coefficient (Wildman–Crippen LogP) is 2.11. The molecule has 0 aliphatic rings. The van der Waals surface area contributed by atoms with Gasteiger partial charge >= 0.3 is 0 Å². The Morgan fingerprint density at radius 2 is 2.06 bits per heavy atom. The molecule has 0 saturated carbocycles. The van der Waals surface area contributed by atoms with E-state index in [0.717, 1.165) is 4.88 Å². The van der Waals surface area contributed by atoms with Crippen molar-refractivity contribution in [2.75, 3.05) is 0 Å². The van der Waals surface area contributed by atoms with Crippen molar-refractivity contribution < 1.29 is 4.79 Å². The van der Waals surface area contributed by atoms with Gasteiger partial charge in [0.15, 0.2) is 5.78 Å². The van der Waals surface area contributed by atoms with Gasteiger partial charge in [0.25, 0.3) is 5.56 Å². The number of nitrogens with zero attached hydrogens (tertiary/aromatic N) is 2. The van der Waals surface area contributed by atoms with Crippen LogP contribution in [0.15, 0.2) is 23.0 Å². The molecule has 0 radical (unpaired) electrons. The molecule has 2 aromatic rings. The molecule has 0 N–H and O–H groups in total. The molecular weight excluding hydrogens is 248 g/mol. The van der Waals surface area contributed by atoms with Crippen molar-refractivity contribution >= 4 is 17.1 Å². The number of carbonyl (C=O) groups excluding carboxylic acids is 1. The summed E-state index contributed by atoms with van der Waals surface area (Å²) in [4.78, 5) is 29.8. The molecular formula is C13H14N2O2S. The van der Waals surface area contributed by atoms with Crippen LogP contribution in [0, 0.1) is 20.8 Å². The van der Waals surface area contributed by atoms with Gasteiger partial charge in [0.05, 0.1) is 11.4 Å². The lowest BCUT2D eigenvalue weighted by molar-refractivity contribution is 0.0973. The highest BCUT2D eigenvalue weighted by Crippen LogP contribution is 2.16. The smallest absolute Gasteiger partial charge is 0.254 e. The van der Waals surface area contributed by atoms with E-state index in [2.05, 4.69) is 4.98 Å². The number of aryl methyl sites for hydroxylation is 3. The Labute approximate surface area is 109 Å². The molecule has 94 valence electrons. The summed E-state index contributed by atoms with van der Waals surface area (Å²) in [5, 5.41) is 0. The lowest BCUT2D eigenvalue weighted by Gasteiger charge is -2.07. The minimum Gasteiger partial charge on any atom is -0.291 e. The minimum atomic E-state index is -0.179. The highest BCUT2D eigenvalue weighted by molar-refractivity contribution is 7.14. The van der Waals surface area contributed by atoms with Crippen LogP contribution in [0.4, 0.5) is 0 Å². The Hall–Kier alpha value is -1.75. The molecule has 0 aliphatic carbocycles. The number of ketones is 1. The van der Waals surface area contributed by atoms with E-state index in [9.17, 15) is 9.59 Å². The number of Topliss-reactive ketones (excluding diaryl/α,β-unsaturated/α-hetero) is 1. The van der Waals surface area contributed by atoms with Gasteiger partial charge in [-0.3, -0.25) is 14.2 Å². The lowest BCUT2D eigenvalue weighted by atomic mass is 10.3. The Morgan fingerprint density at radius 1 is 1.33 bits per heavy atom. The molecule has 0 unspecified atom stereocenters. The minimum absolute atomic E-state index is 0.0519. The summed E-state index contributed by atoms with van der Waals surface area (Å²) in [5.74, 6) is 0.519. The van der Waals surface area contributed by atoms with Gasteiger partial charge in [-0.25, -0.2) is 4.98 Å². The van der Waals surface area contributed by atoms with Crippen LogP contribution in [-0.4, -0.2) is 15.3 Å². The van der Waals surface area contributed by atoms with Gasteiger partial charge in [0.2, 0.25) is 0 Å². The van der Waals surface area contributed by atoms with Gasteiger partial charge in [-0.15, -0.1) is 11.3 Å². The van der Waals surface area contributed by atoms with Crippen LogP contribution in [-0.2, 0) is 6.54 Å². The maximum Gasteiger partial charge on any atom is 0.254 e. The highest BCUT2D eigenvalue weighted by atomic mass is 32.1. The second kappa shape index (κ2) is 4.86. The Balaban J connectivity index is 2.30. The van der Waals surface area contributed by atoms with Gasteiger partial charge in [0, 0.05) is 16.6 Å². The van der Waals surface area contributed by atoms with Gasteiger partial charge in [0.1, 0.15) is 5.82 Å². The van der Waals surface area contributed by atoms with Crippen molar-refractivity contribution in [1.82, 2.24) is 9.55 Å². The molecule has 0 aromatic carbocycles. The summed E-state index contributed by atoms with van der Waals surface area (Å²) in [6.45, 7) is 5.51. The van der Waals surface area contributed by atoms with Crippen molar-refractivity contribution in [2.24, 2.45) is 0 Å². The molecule has 0 aliphatic heterocycles. The van der Waals surface area contributed by atoms with Crippen LogP contribution >= 0.6 is 11.3 Å². The third-order valence-corrected chi connectivity index (χ3v) is 3.69. The van der Waals surface area contributed by atoms with E-state index in [1.807, 2.05) is 13.0 Å². The van der Waals surface area contributed by atoms with E-state index in [1.165, 1.54) is 22.0 Å². The summed E-state index contributed by atoms with van der Waals surface area (Å²) >= 11 is 1.44. The summed E-state index contributed by atoms with van der Waals surface area (Å²) in [5.41, 5.74) is 0.495. The zero-order valence-corrected chi connectivity index (χ0v) is 11.4. The zero-order valence-electron chi connectivity index (χ0n) is 10.6. The molecule has 0 fully saturated rings. The van der Waals surface area contributed by atoms with Gasteiger partial charge in [-0.2, -0.15) is 0 Å². The Kier molecular flexibility index (Phi) is 3.43. The number of hydrogen-bond donors (Lipinski definition) is 0. The molecule has 0 saturated heterocycles. The maximum atomic E-state index is 12.0. The molecule has 0 atom stereocenters. The molecule has 4 nitrogen and oxygen atoms in total. The van der Waals surface area contributed by atoms with E-state index < -0.39 is 0 Å². The topological polar surface area (TPSA) is 52.0 Å². The summed E-state index contributed by atoms with van der Waals surface area (Å²) in [6.07, 6.45) is 0. The van der Waals surface area contributed by atoms with E-state index in [1.54, 1.807) is 19.9 Å². The third kappa shape index (κ3) is 2.56. The van der Waals surface area contributed by atoms with Crippen LogP contribution in [0.25, 0.3) is 0 Å². The first-order valence-corrected chi connectivity index (χ1v) is 6.44. The van der Waals surface area contributed by atoms with Crippen LogP contribution in [0.5, 0.6) is 0 Å². The second-order valence-electron chi connectivity index (χ2n) is 4.20. The molecule has 5 heteroatoms. The fourth-order valence-corrected chi connectivity index (χ4v) is 2.56. The summed E-state index contributed by atoms with van der Waals surface area (Å²) in [6, 6.07) is 5.14. The number of aromatic nitrogens is 2. The monoisotopic (exact) mass is 262 g/mol. The second-order valence-corrected chi connectivity index (χ2v) is 5.49. The van der Waals surface area contributed by atoms with E-state index in [0.29, 0.717) is 16.4 Å². The molecule has 0 spiro atoms. The zero-order chi connectivity index (χ0) is 13.3. The van der Waals surface area contributed by atoms with Crippen LogP contribution in [0.2, 0.25) is 0 Å². The van der Waals surface area contributed by atoms with Crippen LogP contribution in [0.3, 0.4) is 0 Å². The molecule has 18 heavy (non-hydrogen) atoms. The SMILES string of the molecule is Cc1cc(=O)n(CC(=O)c2ccc(C)s2)c(C)n1. The van der Waals surface area contributed by atoms with Crippen LogP contribution < -0.4 is 5.56 Å². The quantitative estimate of drug-likeness (QED) is 0.796. The fourth-order valence-electron chi connectivity index (χ4n) is 1.76. The number of hydrogen-bond acceptors (Lipinski definition) is 4. The maximum absolute atomic E-state index is 12.0. The fraction of sp³-hybridized carbons (Fsp3) is 0.308. The average molecular weight is 262 g/mol. The molecule has 2 rings (SSSR count). The van der Waals surface area contributed by atoms with Crippen molar-refractivity contribution in [3.8, 4) is 0 Å². The first-order valence-electron chi connectivity index (χ1n) is 5.62. The molecule has 2 heterocycles. The van der Waals surface area contributed by atoms with Crippen molar-refractivity contribution in [3.05, 3.63) is 49.8 Å². The normalized spacial score (nSPS) is 10.6. The largest absolute Gasteiger partial charge is 0.291 e. The van der Waals surface area contributed by atoms with Gasteiger partial charge in [-0.1, -0.05) is 0 Å². The Morgan fingerprint density at radius 3 is 2.61 bits per heavy atom. The van der Waals surface area contributed by atoms with Gasteiger partial charge in [-0.05, 0) is 32.9 Å². The summed E-state index contributed by atoms with van der Waals surface area (Å²) < 4.78 is 1.41. The van der Waals surface area contributed by atoms with Crippen molar-refractivity contribution in [3.63, 3.8) is 0 Å². The molecule has 0 amide bonds. The van der Waals surface area contributed by atoms with E-state index in [4.69, 9.17) is 0 Å². The van der Waals surface area contributed by atoms with E-state index in [-0.39, 0.29) is 17.9 Å². The highest BCUT2D eigenvalue weighted by Gasteiger charge is 2.12.